The summed E-state index contributed by atoms with van der Waals surface area (Å²) in [6, 6.07) is 8.40. The minimum atomic E-state index is -0.409. The van der Waals surface area contributed by atoms with Crippen LogP contribution in [0.1, 0.15) is 0 Å². The number of carbonyl (C=O) groups is 1. The maximum absolute atomic E-state index is 12.1. The molecule has 0 bridgehead atoms. The summed E-state index contributed by atoms with van der Waals surface area (Å²) in [5, 5.41) is 22.4. The van der Waals surface area contributed by atoms with Gasteiger partial charge in [-0.1, -0.05) is 11.3 Å². The third-order valence-corrected chi connectivity index (χ3v) is 5.15. The number of hydrogen-bond donors (Lipinski definition) is 1. The lowest BCUT2D eigenvalue weighted by atomic mass is 10.2. The Balaban J connectivity index is 1.36. The monoisotopic (exact) mass is 399 g/mol. The van der Waals surface area contributed by atoms with Crippen LogP contribution in [0.15, 0.2) is 35.8 Å². The number of pyridine rings is 1. The molecule has 0 spiro atoms. The second kappa shape index (κ2) is 7.82. The van der Waals surface area contributed by atoms with Crippen molar-refractivity contribution in [3.05, 3.63) is 46.0 Å². The van der Waals surface area contributed by atoms with Gasteiger partial charge >= 0.3 is 0 Å². The Labute approximate surface area is 164 Å². The number of anilines is 2. The standard InChI is InChI=1S/C17H17N7O3S/c25-16(20-17-21-18-11-28-17)10-22-5-7-23(8-6-22)15-4-1-12-9-13(24(26)27)2-3-14(12)19-15/h1-4,9,11H,5-8,10H2,(H,20,21,25). The molecule has 0 unspecified atom stereocenters. The van der Waals surface area contributed by atoms with Gasteiger partial charge in [0, 0.05) is 43.7 Å². The quantitative estimate of drug-likeness (QED) is 0.509. The Bertz CT molecular complexity index is 1000. The van der Waals surface area contributed by atoms with Crippen LogP contribution in [0.2, 0.25) is 0 Å². The van der Waals surface area contributed by atoms with Crippen molar-refractivity contribution in [2.75, 3.05) is 42.9 Å². The van der Waals surface area contributed by atoms with E-state index in [1.54, 1.807) is 11.6 Å². The number of benzene rings is 1. The Kier molecular flexibility index (Phi) is 5.08. The number of nitrogens with zero attached hydrogens (tertiary/aromatic N) is 6. The normalized spacial score (nSPS) is 14.9. The van der Waals surface area contributed by atoms with Gasteiger partial charge in [0.2, 0.25) is 11.0 Å². The number of nitro groups is 1. The van der Waals surface area contributed by atoms with Gasteiger partial charge in [0.1, 0.15) is 11.3 Å². The largest absolute Gasteiger partial charge is 0.354 e. The van der Waals surface area contributed by atoms with E-state index >= 15 is 0 Å². The Morgan fingerprint density at radius 1 is 1.21 bits per heavy atom. The lowest BCUT2D eigenvalue weighted by Crippen LogP contribution is -2.48. The first-order chi connectivity index (χ1) is 13.6. The summed E-state index contributed by atoms with van der Waals surface area (Å²) in [4.78, 5) is 31.4. The van der Waals surface area contributed by atoms with Crippen molar-refractivity contribution in [3.63, 3.8) is 0 Å². The fourth-order valence-electron chi connectivity index (χ4n) is 3.12. The third kappa shape index (κ3) is 4.05. The number of piperazine rings is 1. The molecule has 1 saturated heterocycles. The molecular formula is C17H17N7O3S. The van der Waals surface area contributed by atoms with Crippen molar-refractivity contribution >= 4 is 44.8 Å². The van der Waals surface area contributed by atoms with Crippen LogP contribution in [-0.4, -0.2) is 63.6 Å². The first kappa shape index (κ1) is 18.2. The van der Waals surface area contributed by atoms with Gasteiger partial charge < -0.3 is 4.90 Å². The Hall–Kier alpha value is -3.18. The van der Waals surface area contributed by atoms with E-state index in [2.05, 4.69) is 30.3 Å². The molecule has 3 aromatic rings. The van der Waals surface area contributed by atoms with Gasteiger partial charge in [-0.3, -0.25) is 25.1 Å². The van der Waals surface area contributed by atoms with Crippen LogP contribution >= 0.6 is 11.3 Å². The molecule has 0 atom stereocenters. The fraction of sp³-hybridized carbons (Fsp3) is 0.294. The highest BCUT2D eigenvalue weighted by Gasteiger charge is 2.20. The molecule has 144 valence electrons. The predicted molar refractivity (Wildman–Crippen MR) is 106 cm³/mol. The molecule has 1 aromatic carbocycles. The number of nitro benzene ring substituents is 1. The number of aromatic nitrogens is 3. The summed E-state index contributed by atoms with van der Waals surface area (Å²) in [7, 11) is 0. The topological polar surface area (TPSA) is 117 Å². The molecule has 4 rings (SSSR count). The number of hydrogen-bond acceptors (Lipinski definition) is 9. The van der Waals surface area contributed by atoms with Crippen LogP contribution in [0.3, 0.4) is 0 Å². The molecule has 1 fully saturated rings. The van der Waals surface area contributed by atoms with Gasteiger partial charge in [0.25, 0.3) is 5.69 Å². The molecule has 1 N–H and O–H groups in total. The highest BCUT2D eigenvalue weighted by atomic mass is 32.1. The molecule has 1 aliphatic heterocycles. The van der Waals surface area contributed by atoms with E-state index in [9.17, 15) is 14.9 Å². The summed E-state index contributed by atoms with van der Waals surface area (Å²) < 4.78 is 0. The second-order valence-electron chi connectivity index (χ2n) is 6.36. The predicted octanol–water partition coefficient (Wildman–Crippen LogP) is 1.76. The maximum atomic E-state index is 12.1. The van der Waals surface area contributed by atoms with Crippen LogP contribution in [0.25, 0.3) is 10.9 Å². The zero-order valence-corrected chi connectivity index (χ0v) is 15.6. The Morgan fingerprint density at radius 2 is 2.04 bits per heavy atom. The third-order valence-electron chi connectivity index (χ3n) is 4.54. The van der Waals surface area contributed by atoms with E-state index in [1.165, 1.54) is 23.5 Å². The average molecular weight is 399 g/mol. The van der Waals surface area contributed by atoms with Crippen molar-refractivity contribution in [1.82, 2.24) is 20.1 Å². The molecule has 1 amide bonds. The number of non-ortho nitro benzene ring substituents is 1. The summed E-state index contributed by atoms with van der Waals surface area (Å²) in [5.41, 5.74) is 2.35. The number of amides is 1. The number of fused-ring (bicyclic) bond motifs is 1. The first-order valence-corrected chi connectivity index (χ1v) is 9.55. The molecule has 1 aliphatic rings. The SMILES string of the molecule is O=C(CN1CCN(c2ccc3cc([N+](=O)[O-])ccc3n2)CC1)Nc1nncs1. The molecular weight excluding hydrogens is 382 g/mol. The van der Waals surface area contributed by atoms with E-state index in [1.807, 2.05) is 12.1 Å². The van der Waals surface area contributed by atoms with Crippen molar-refractivity contribution < 1.29 is 9.72 Å². The molecule has 10 nitrogen and oxygen atoms in total. The molecule has 0 saturated carbocycles. The molecule has 0 radical (unpaired) electrons. The minimum absolute atomic E-state index is 0.0578. The van der Waals surface area contributed by atoms with Crippen molar-refractivity contribution in [1.29, 1.82) is 0 Å². The molecule has 0 aliphatic carbocycles. The second-order valence-corrected chi connectivity index (χ2v) is 7.19. The summed E-state index contributed by atoms with van der Waals surface area (Å²) >= 11 is 1.29. The first-order valence-electron chi connectivity index (χ1n) is 8.67. The van der Waals surface area contributed by atoms with Crippen molar-refractivity contribution in [2.24, 2.45) is 0 Å². The Morgan fingerprint density at radius 3 is 2.75 bits per heavy atom. The fourth-order valence-corrected chi connectivity index (χ4v) is 3.58. The van der Waals surface area contributed by atoms with E-state index in [0.29, 0.717) is 11.7 Å². The molecule has 28 heavy (non-hydrogen) atoms. The van der Waals surface area contributed by atoms with Gasteiger partial charge in [0.15, 0.2) is 0 Å². The summed E-state index contributed by atoms with van der Waals surface area (Å²) in [6.45, 7) is 3.28. The van der Waals surface area contributed by atoms with Crippen LogP contribution in [0.5, 0.6) is 0 Å². The summed E-state index contributed by atoms with van der Waals surface area (Å²) in [5.74, 6) is 0.731. The lowest BCUT2D eigenvalue weighted by Gasteiger charge is -2.35. The van der Waals surface area contributed by atoms with Crippen LogP contribution in [0.4, 0.5) is 16.6 Å². The lowest BCUT2D eigenvalue weighted by molar-refractivity contribution is -0.384. The maximum Gasteiger partial charge on any atom is 0.270 e. The zero-order chi connectivity index (χ0) is 19.5. The van der Waals surface area contributed by atoms with E-state index in [4.69, 9.17) is 0 Å². The van der Waals surface area contributed by atoms with Gasteiger partial charge in [-0.25, -0.2) is 4.98 Å². The zero-order valence-electron chi connectivity index (χ0n) is 14.8. The average Bonchev–Trinajstić information content (AvgIpc) is 3.20. The van der Waals surface area contributed by atoms with Crippen LogP contribution < -0.4 is 10.2 Å². The van der Waals surface area contributed by atoms with Gasteiger partial charge in [0.05, 0.1) is 17.0 Å². The van der Waals surface area contributed by atoms with E-state index in [0.717, 1.165) is 42.9 Å². The van der Waals surface area contributed by atoms with Crippen molar-refractivity contribution in [3.8, 4) is 0 Å². The van der Waals surface area contributed by atoms with E-state index < -0.39 is 4.92 Å². The highest BCUT2D eigenvalue weighted by molar-refractivity contribution is 7.13. The number of rotatable bonds is 5. The molecule has 11 heteroatoms. The van der Waals surface area contributed by atoms with Crippen LogP contribution in [0, 0.1) is 10.1 Å². The summed E-state index contributed by atoms with van der Waals surface area (Å²) in [6.07, 6.45) is 0. The highest BCUT2D eigenvalue weighted by Crippen LogP contribution is 2.23. The van der Waals surface area contributed by atoms with Crippen LogP contribution in [-0.2, 0) is 4.79 Å². The molecule has 2 aromatic heterocycles. The molecule has 3 heterocycles. The minimum Gasteiger partial charge on any atom is -0.354 e. The van der Waals surface area contributed by atoms with Gasteiger partial charge in [-0.2, -0.15) is 0 Å². The smallest absolute Gasteiger partial charge is 0.270 e. The van der Waals surface area contributed by atoms with Gasteiger partial charge in [-0.15, -0.1) is 10.2 Å². The number of carbonyl (C=O) groups excluding carboxylic acids is 1. The van der Waals surface area contributed by atoms with Gasteiger partial charge in [-0.05, 0) is 18.2 Å². The number of nitrogens with one attached hydrogen (secondary N) is 1. The van der Waals surface area contributed by atoms with Crippen molar-refractivity contribution in [2.45, 2.75) is 0 Å². The van der Waals surface area contributed by atoms with E-state index in [-0.39, 0.29) is 11.6 Å².